The Labute approximate surface area is 87.3 Å². The fourth-order valence-corrected chi connectivity index (χ4v) is 1.42. The average molecular weight is 206 g/mol. The number of fused-ring (bicyclic) bond motifs is 1. The van der Waals surface area contributed by atoms with Crippen LogP contribution in [-0.4, -0.2) is 28.0 Å². The van der Waals surface area contributed by atoms with Crippen LogP contribution in [0.3, 0.4) is 0 Å². The monoisotopic (exact) mass is 206 g/mol. The molecule has 2 rings (SSSR count). The first-order chi connectivity index (χ1) is 7.16. The van der Waals surface area contributed by atoms with Gasteiger partial charge in [0.1, 0.15) is 0 Å². The Bertz CT molecular complexity index is 463. The maximum atomic E-state index is 9.15. The molecule has 0 bridgehead atoms. The number of aliphatic hydroxyl groups is 1. The number of H-pyrrole nitrogens is 1. The number of rotatable bonds is 3. The Morgan fingerprint density at radius 2 is 2.40 bits per heavy atom. The highest BCUT2D eigenvalue weighted by atomic mass is 16.3. The molecule has 15 heavy (non-hydrogen) atoms. The normalized spacial score (nSPS) is 12.9. The smallest absolute Gasteiger partial charge is 0.0684 e. The van der Waals surface area contributed by atoms with Crippen molar-refractivity contribution < 1.29 is 5.11 Å². The quantitative estimate of drug-likeness (QED) is 0.563. The van der Waals surface area contributed by atoms with E-state index in [1.54, 1.807) is 13.1 Å². The number of hydrogen-bond donors (Lipinski definition) is 4. The first-order valence-electron chi connectivity index (χ1n) is 4.81. The molecule has 0 aliphatic heterocycles. The van der Waals surface area contributed by atoms with Gasteiger partial charge in [0.05, 0.1) is 29.2 Å². The summed E-state index contributed by atoms with van der Waals surface area (Å²) in [6, 6.07) is 3.74. The van der Waals surface area contributed by atoms with E-state index in [-0.39, 0.29) is 0 Å². The first kappa shape index (κ1) is 9.79. The molecule has 1 aromatic carbocycles. The zero-order valence-electron chi connectivity index (χ0n) is 8.49. The van der Waals surface area contributed by atoms with E-state index in [4.69, 9.17) is 10.8 Å². The van der Waals surface area contributed by atoms with Gasteiger partial charge in [0.25, 0.3) is 0 Å². The van der Waals surface area contributed by atoms with Gasteiger partial charge in [-0.15, -0.1) is 0 Å². The van der Waals surface area contributed by atoms with Gasteiger partial charge in [-0.2, -0.15) is 5.10 Å². The van der Waals surface area contributed by atoms with Crippen molar-refractivity contribution >= 4 is 22.3 Å². The molecule has 1 atom stereocenters. The molecule has 80 valence electrons. The van der Waals surface area contributed by atoms with Crippen LogP contribution in [0.5, 0.6) is 0 Å². The molecule has 0 radical (unpaired) electrons. The minimum atomic E-state index is -0.401. The van der Waals surface area contributed by atoms with Crippen molar-refractivity contribution in [1.29, 1.82) is 0 Å². The molecule has 0 aliphatic carbocycles. The van der Waals surface area contributed by atoms with Gasteiger partial charge in [0, 0.05) is 11.9 Å². The number of benzene rings is 1. The number of nitrogen functional groups attached to an aromatic ring is 1. The van der Waals surface area contributed by atoms with Gasteiger partial charge in [-0.05, 0) is 19.1 Å². The molecule has 1 aromatic heterocycles. The van der Waals surface area contributed by atoms with E-state index in [2.05, 4.69) is 15.5 Å². The SMILES string of the molecule is CC(O)CNc1cc2[nH]ncc2cc1N. The van der Waals surface area contributed by atoms with Gasteiger partial charge in [0.2, 0.25) is 0 Å². The average Bonchev–Trinajstić information content (AvgIpc) is 2.60. The van der Waals surface area contributed by atoms with Crippen LogP contribution in [0.4, 0.5) is 11.4 Å². The summed E-state index contributed by atoms with van der Waals surface area (Å²) in [5, 5.41) is 20.0. The van der Waals surface area contributed by atoms with Gasteiger partial charge in [-0.25, -0.2) is 0 Å². The van der Waals surface area contributed by atoms with E-state index >= 15 is 0 Å². The third-order valence-corrected chi connectivity index (χ3v) is 2.20. The number of hydrogen-bond acceptors (Lipinski definition) is 4. The number of aromatic nitrogens is 2. The summed E-state index contributed by atoms with van der Waals surface area (Å²) in [4.78, 5) is 0. The second-order valence-corrected chi connectivity index (χ2v) is 3.63. The van der Waals surface area contributed by atoms with Crippen LogP contribution in [-0.2, 0) is 0 Å². The van der Waals surface area contributed by atoms with Gasteiger partial charge < -0.3 is 16.2 Å². The summed E-state index contributed by atoms with van der Waals surface area (Å²) in [6.07, 6.45) is 1.33. The van der Waals surface area contributed by atoms with Crippen molar-refractivity contribution in [1.82, 2.24) is 10.2 Å². The predicted octanol–water partition coefficient (Wildman–Crippen LogP) is 0.938. The topological polar surface area (TPSA) is 87.0 Å². The Morgan fingerprint density at radius 1 is 1.60 bits per heavy atom. The number of aromatic amines is 1. The summed E-state index contributed by atoms with van der Waals surface area (Å²) in [7, 11) is 0. The third-order valence-electron chi connectivity index (χ3n) is 2.20. The van der Waals surface area contributed by atoms with Gasteiger partial charge >= 0.3 is 0 Å². The lowest BCUT2D eigenvalue weighted by molar-refractivity contribution is 0.208. The second-order valence-electron chi connectivity index (χ2n) is 3.63. The third kappa shape index (κ3) is 2.02. The minimum Gasteiger partial charge on any atom is -0.397 e. The molecular weight excluding hydrogens is 192 g/mol. The van der Waals surface area contributed by atoms with E-state index in [1.165, 1.54) is 0 Å². The number of nitrogens with zero attached hydrogens (tertiary/aromatic N) is 1. The van der Waals surface area contributed by atoms with Crippen molar-refractivity contribution in [3.05, 3.63) is 18.3 Å². The lowest BCUT2D eigenvalue weighted by Crippen LogP contribution is -2.16. The lowest BCUT2D eigenvalue weighted by atomic mass is 10.2. The highest BCUT2D eigenvalue weighted by Crippen LogP contribution is 2.24. The predicted molar refractivity (Wildman–Crippen MR) is 60.7 cm³/mol. The maximum absolute atomic E-state index is 9.15. The molecule has 1 unspecified atom stereocenters. The van der Waals surface area contributed by atoms with E-state index < -0.39 is 6.10 Å². The highest BCUT2D eigenvalue weighted by Gasteiger charge is 2.04. The van der Waals surface area contributed by atoms with Crippen LogP contribution in [0, 0.1) is 0 Å². The maximum Gasteiger partial charge on any atom is 0.0684 e. The summed E-state index contributed by atoms with van der Waals surface area (Å²) in [5.41, 5.74) is 8.24. The van der Waals surface area contributed by atoms with E-state index in [0.717, 1.165) is 16.6 Å². The molecule has 1 heterocycles. The van der Waals surface area contributed by atoms with Gasteiger partial charge in [0.15, 0.2) is 0 Å². The largest absolute Gasteiger partial charge is 0.397 e. The molecule has 0 spiro atoms. The standard InChI is InChI=1S/C10H14N4O/c1-6(15)4-12-10-3-9-7(2-8(10)11)5-13-14-9/h2-3,5-6,12,15H,4,11H2,1H3,(H,13,14). The molecular formula is C10H14N4O. The van der Waals surface area contributed by atoms with Crippen molar-refractivity contribution in [2.45, 2.75) is 13.0 Å². The fourth-order valence-electron chi connectivity index (χ4n) is 1.42. The fraction of sp³-hybridized carbons (Fsp3) is 0.300. The first-order valence-corrected chi connectivity index (χ1v) is 4.81. The Balaban J connectivity index is 2.29. The van der Waals surface area contributed by atoms with Crippen molar-refractivity contribution in [2.24, 2.45) is 0 Å². The molecule has 5 nitrogen and oxygen atoms in total. The summed E-state index contributed by atoms with van der Waals surface area (Å²) in [5.74, 6) is 0. The van der Waals surface area contributed by atoms with Crippen molar-refractivity contribution in [3.8, 4) is 0 Å². The Morgan fingerprint density at radius 3 is 3.13 bits per heavy atom. The minimum absolute atomic E-state index is 0.401. The van der Waals surface area contributed by atoms with Crippen LogP contribution < -0.4 is 11.1 Å². The van der Waals surface area contributed by atoms with E-state index in [1.807, 2.05) is 12.1 Å². The molecule has 5 N–H and O–H groups in total. The lowest BCUT2D eigenvalue weighted by Gasteiger charge is -2.10. The summed E-state index contributed by atoms with van der Waals surface area (Å²) >= 11 is 0. The number of aliphatic hydroxyl groups excluding tert-OH is 1. The molecule has 0 fully saturated rings. The van der Waals surface area contributed by atoms with E-state index in [0.29, 0.717) is 12.2 Å². The van der Waals surface area contributed by atoms with Crippen LogP contribution in [0.2, 0.25) is 0 Å². The zero-order valence-corrected chi connectivity index (χ0v) is 8.49. The molecule has 2 aromatic rings. The molecule has 5 heteroatoms. The number of anilines is 2. The van der Waals surface area contributed by atoms with Gasteiger partial charge in [-0.3, -0.25) is 5.10 Å². The molecule has 0 saturated carbocycles. The Hall–Kier alpha value is -1.75. The number of nitrogens with one attached hydrogen (secondary N) is 2. The zero-order chi connectivity index (χ0) is 10.8. The molecule has 0 saturated heterocycles. The van der Waals surface area contributed by atoms with Crippen LogP contribution in [0.1, 0.15) is 6.92 Å². The van der Waals surface area contributed by atoms with Crippen LogP contribution >= 0.6 is 0 Å². The molecule has 0 amide bonds. The summed E-state index contributed by atoms with van der Waals surface area (Å²) in [6.45, 7) is 2.20. The number of nitrogens with two attached hydrogens (primary N) is 1. The van der Waals surface area contributed by atoms with Crippen molar-refractivity contribution in [2.75, 3.05) is 17.6 Å². The van der Waals surface area contributed by atoms with Crippen molar-refractivity contribution in [3.63, 3.8) is 0 Å². The van der Waals surface area contributed by atoms with Crippen LogP contribution in [0.25, 0.3) is 10.9 Å². The van der Waals surface area contributed by atoms with Crippen LogP contribution in [0.15, 0.2) is 18.3 Å². The Kier molecular flexibility index (Phi) is 2.47. The highest BCUT2D eigenvalue weighted by molar-refractivity contribution is 5.88. The van der Waals surface area contributed by atoms with Gasteiger partial charge in [-0.1, -0.05) is 0 Å². The second kappa shape index (κ2) is 3.78. The summed E-state index contributed by atoms with van der Waals surface area (Å²) < 4.78 is 0. The van der Waals surface area contributed by atoms with E-state index in [9.17, 15) is 0 Å². The molecule has 0 aliphatic rings.